The van der Waals surface area contributed by atoms with E-state index in [-0.39, 0.29) is 5.91 Å². The Labute approximate surface area is 172 Å². The summed E-state index contributed by atoms with van der Waals surface area (Å²) >= 11 is 2.01. The zero-order valence-electron chi connectivity index (χ0n) is 16.5. The van der Waals surface area contributed by atoms with Crippen molar-refractivity contribution in [2.24, 2.45) is 0 Å². The summed E-state index contributed by atoms with van der Waals surface area (Å²) in [5.74, 6) is 1.76. The summed E-state index contributed by atoms with van der Waals surface area (Å²) in [6.45, 7) is 0.701. The fourth-order valence-corrected chi connectivity index (χ4v) is 4.70. The minimum atomic E-state index is -0.0220. The highest BCUT2D eigenvalue weighted by molar-refractivity contribution is 7.99. The van der Waals surface area contributed by atoms with Crippen molar-refractivity contribution < 1.29 is 9.53 Å². The molecular formula is C24H29NO2S. The number of carbonyl (C=O) groups is 1. The summed E-state index contributed by atoms with van der Waals surface area (Å²) in [5, 5.41) is 3.88. The Morgan fingerprint density at radius 2 is 1.79 bits per heavy atom. The Morgan fingerprint density at radius 3 is 2.46 bits per heavy atom. The first kappa shape index (κ1) is 20.5. The second-order valence-corrected chi connectivity index (χ2v) is 8.49. The van der Waals surface area contributed by atoms with Gasteiger partial charge in [-0.05, 0) is 42.2 Å². The Bertz CT molecular complexity index is 765. The van der Waals surface area contributed by atoms with Crippen LogP contribution >= 0.6 is 11.8 Å². The first-order valence-electron chi connectivity index (χ1n) is 10.1. The third-order valence-corrected chi connectivity index (χ3v) is 6.43. The average molecular weight is 396 g/mol. The largest absolute Gasteiger partial charge is 0.497 e. The molecule has 0 radical (unpaired) electrons. The van der Waals surface area contributed by atoms with Gasteiger partial charge in [0.2, 0.25) is 0 Å². The van der Waals surface area contributed by atoms with E-state index < -0.39 is 0 Å². The predicted octanol–water partition coefficient (Wildman–Crippen LogP) is 5.42. The smallest absolute Gasteiger partial charge is 0.251 e. The van der Waals surface area contributed by atoms with Crippen LogP contribution in [0.15, 0.2) is 54.6 Å². The number of hydrogen-bond acceptors (Lipinski definition) is 3. The molecule has 3 nitrogen and oxygen atoms in total. The van der Waals surface area contributed by atoms with Crippen molar-refractivity contribution >= 4 is 29.3 Å². The van der Waals surface area contributed by atoms with Crippen LogP contribution in [0.4, 0.5) is 0 Å². The number of carbonyl (C=O) groups excluding carboxylic acids is 1. The van der Waals surface area contributed by atoms with Crippen molar-refractivity contribution in [3.8, 4) is 5.75 Å². The number of benzene rings is 2. The second-order valence-electron chi connectivity index (χ2n) is 7.08. The molecule has 0 bridgehead atoms. The van der Waals surface area contributed by atoms with Crippen molar-refractivity contribution in [1.82, 2.24) is 5.32 Å². The maximum absolute atomic E-state index is 12.9. The van der Waals surface area contributed by atoms with Crippen LogP contribution in [0.1, 0.15) is 43.2 Å². The van der Waals surface area contributed by atoms with E-state index in [9.17, 15) is 4.79 Å². The SMILES string of the molecule is COc1ccc(C=C(C(=O)NCCSC2CCCCC2)c2ccccc2)cc1. The Hall–Kier alpha value is -2.20. The molecule has 4 heteroatoms. The van der Waals surface area contributed by atoms with E-state index in [1.807, 2.05) is 72.4 Å². The molecule has 1 aliphatic rings. The van der Waals surface area contributed by atoms with Gasteiger partial charge in [-0.15, -0.1) is 0 Å². The molecule has 0 spiro atoms. The first-order valence-corrected chi connectivity index (χ1v) is 11.1. The van der Waals surface area contributed by atoms with E-state index >= 15 is 0 Å². The van der Waals surface area contributed by atoms with Gasteiger partial charge in [0, 0.05) is 23.1 Å². The van der Waals surface area contributed by atoms with Gasteiger partial charge in [-0.3, -0.25) is 4.79 Å². The first-order chi connectivity index (χ1) is 13.8. The lowest BCUT2D eigenvalue weighted by Gasteiger charge is -2.21. The molecule has 0 unspecified atom stereocenters. The van der Waals surface area contributed by atoms with E-state index in [1.165, 1.54) is 32.1 Å². The topological polar surface area (TPSA) is 38.3 Å². The van der Waals surface area contributed by atoms with Gasteiger partial charge >= 0.3 is 0 Å². The summed E-state index contributed by atoms with van der Waals surface area (Å²) in [7, 11) is 1.65. The molecule has 3 rings (SSSR count). The van der Waals surface area contributed by atoms with E-state index in [2.05, 4.69) is 5.32 Å². The monoisotopic (exact) mass is 395 g/mol. The van der Waals surface area contributed by atoms with Crippen molar-refractivity contribution in [1.29, 1.82) is 0 Å². The third kappa shape index (κ3) is 6.16. The summed E-state index contributed by atoms with van der Waals surface area (Å²) in [6, 6.07) is 17.6. The van der Waals surface area contributed by atoms with Crippen LogP contribution in [0.3, 0.4) is 0 Å². The van der Waals surface area contributed by atoms with Gasteiger partial charge in [0.05, 0.1) is 7.11 Å². The lowest BCUT2D eigenvalue weighted by Crippen LogP contribution is -2.27. The van der Waals surface area contributed by atoms with Crippen molar-refractivity contribution in [2.75, 3.05) is 19.4 Å². The quantitative estimate of drug-likeness (QED) is 0.368. The van der Waals surface area contributed by atoms with Gasteiger partial charge in [0.1, 0.15) is 5.75 Å². The third-order valence-electron chi connectivity index (χ3n) is 5.05. The molecule has 0 heterocycles. The molecule has 1 fully saturated rings. The van der Waals surface area contributed by atoms with Gasteiger partial charge in [-0.2, -0.15) is 11.8 Å². The molecule has 2 aromatic rings. The molecule has 0 aromatic heterocycles. The summed E-state index contributed by atoms with van der Waals surface area (Å²) < 4.78 is 5.22. The van der Waals surface area contributed by atoms with Gasteiger partial charge < -0.3 is 10.1 Å². The Balaban J connectivity index is 1.64. The fraction of sp³-hybridized carbons (Fsp3) is 0.375. The molecular weight excluding hydrogens is 366 g/mol. The van der Waals surface area contributed by atoms with Crippen molar-refractivity contribution in [3.63, 3.8) is 0 Å². The zero-order valence-corrected chi connectivity index (χ0v) is 17.3. The van der Waals surface area contributed by atoms with Crippen LogP contribution < -0.4 is 10.1 Å². The highest BCUT2D eigenvalue weighted by atomic mass is 32.2. The van der Waals surface area contributed by atoms with E-state index in [1.54, 1.807) is 7.11 Å². The molecule has 1 saturated carbocycles. The lowest BCUT2D eigenvalue weighted by molar-refractivity contribution is -0.115. The van der Waals surface area contributed by atoms with E-state index in [4.69, 9.17) is 4.74 Å². The van der Waals surface area contributed by atoms with Gasteiger partial charge in [-0.1, -0.05) is 61.7 Å². The standard InChI is InChI=1S/C24H29NO2S/c1-27-21-14-12-19(13-15-21)18-23(20-8-4-2-5-9-20)24(26)25-16-17-28-22-10-6-3-7-11-22/h2,4-5,8-9,12-15,18,22H,3,6-7,10-11,16-17H2,1H3,(H,25,26). The number of nitrogens with one attached hydrogen (secondary N) is 1. The molecule has 0 aliphatic heterocycles. The molecule has 1 amide bonds. The highest BCUT2D eigenvalue weighted by Gasteiger charge is 2.15. The van der Waals surface area contributed by atoms with Crippen LogP contribution in [0.25, 0.3) is 11.6 Å². The highest BCUT2D eigenvalue weighted by Crippen LogP contribution is 2.28. The second kappa shape index (κ2) is 11.0. The molecule has 148 valence electrons. The van der Waals surface area contributed by atoms with E-state index in [0.717, 1.165) is 27.9 Å². The molecule has 2 aromatic carbocycles. The minimum absolute atomic E-state index is 0.0220. The van der Waals surface area contributed by atoms with Gasteiger partial charge in [0.25, 0.3) is 5.91 Å². The average Bonchev–Trinajstić information content (AvgIpc) is 2.76. The molecule has 28 heavy (non-hydrogen) atoms. The Morgan fingerprint density at radius 1 is 1.07 bits per heavy atom. The number of thioether (sulfide) groups is 1. The van der Waals surface area contributed by atoms with Gasteiger partial charge in [-0.25, -0.2) is 0 Å². The van der Waals surface area contributed by atoms with Crippen LogP contribution in [-0.4, -0.2) is 30.6 Å². The van der Waals surface area contributed by atoms with Crippen LogP contribution in [0, 0.1) is 0 Å². The van der Waals surface area contributed by atoms with Crippen LogP contribution in [-0.2, 0) is 4.79 Å². The number of ether oxygens (including phenoxy) is 1. The number of hydrogen-bond donors (Lipinski definition) is 1. The lowest BCUT2D eigenvalue weighted by atomic mass is 10.0. The van der Waals surface area contributed by atoms with Crippen molar-refractivity contribution in [2.45, 2.75) is 37.4 Å². The molecule has 0 saturated heterocycles. The van der Waals surface area contributed by atoms with E-state index in [0.29, 0.717) is 12.1 Å². The summed E-state index contributed by atoms with van der Waals surface area (Å²) in [5.41, 5.74) is 2.59. The zero-order chi connectivity index (χ0) is 19.6. The molecule has 0 atom stereocenters. The van der Waals surface area contributed by atoms with Crippen LogP contribution in [0.5, 0.6) is 5.75 Å². The molecule has 1 N–H and O–H groups in total. The van der Waals surface area contributed by atoms with Gasteiger partial charge in [0.15, 0.2) is 0 Å². The minimum Gasteiger partial charge on any atom is -0.497 e. The summed E-state index contributed by atoms with van der Waals surface area (Å²) in [6.07, 6.45) is 8.68. The number of rotatable bonds is 8. The number of amides is 1. The summed E-state index contributed by atoms with van der Waals surface area (Å²) in [4.78, 5) is 12.9. The maximum Gasteiger partial charge on any atom is 0.251 e. The van der Waals surface area contributed by atoms with Crippen molar-refractivity contribution in [3.05, 3.63) is 65.7 Å². The number of methoxy groups -OCH3 is 1. The molecule has 1 aliphatic carbocycles. The Kier molecular flexibility index (Phi) is 8.04. The normalized spacial score (nSPS) is 15.2. The fourth-order valence-electron chi connectivity index (χ4n) is 3.48. The van der Waals surface area contributed by atoms with Crippen LogP contribution in [0.2, 0.25) is 0 Å². The maximum atomic E-state index is 12.9. The predicted molar refractivity (Wildman–Crippen MR) is 120 cm³/mol.